The number of hydrogen-bond acceptors (Lipinski definition) is 4. The molecule has 4 nitrogen and oxygen atoms in total. The molecule has 28 heavy (non-hydrogen) atoms. The van der Waals surface area contributed by atoms with Crippen LogP contribution in [0.2, 0.25) is 0 Å². The van der Waals surface area contributed by atoms with Crippen LogP contribution in [0.4, 0.5) is 5.95 Å². The Kier molecular flexibility index (Phi) is 5.26. The quantitative estimate of drug-likeness (QED) is 0.664. The highest BCUT2D eigenvalue weighted by atomic mass is 16.3. The lowest BCUT2D eigenvalue weighted by atomic mass is 9.68. The van der Waals surface area contributed by atoms with Crippen molar-refractivity contribution < 1.29 is 5.11 Å². The van der Waals surface area contributed by atoms with Gasteiger partial charge in [0, 0.05) is 23.4 Å². The molecule has 4 heteroatoms. The van der Waals surface area contributed by atoms with Gasteiger partial charge < -0.3 is 10.8 Å². The molecule has 0 spiro atoms. The van der Waals surface area contributed by atoms with Crippen molar-refractivity contribution in [3.63, 3.8) is 0 Å². The van der Waals surface area contributed by atoms with E-state index in [0.29, 0.717) is 5.92 Å². The number of hydrogen-bond donors (Lipinski definition) is 2. The highest BCUT2D eigenvalue weighted by Crippen LogP contribution is 2.40. The van der Waals surface area contributed by atoms with Crippen molar-refractivity contribution in [2.24, 2.45) is 5.92 Å². The maximum atomic E-state index is 10.2. The fraction of sp³-hybridized carbons (Fsp3) is 0.333. The van der Waals surface area contributed by atoms with Crippen molar-refractivity contribution in [2.45, 2.75) is 45.6 Å². The van der Waals surface area contributed by atoms with E-state index in [1.807, 2.05) is 26.0 Å². The summed E-state index contributed by atoms with van der Waals surface area (Å²) >= 11 is 0. The van der Waals surface area contributed by atoms with Crippen molar-refractivity contribution in [1.29, 1.82) is 0 Å². The Morgan fingerprint density at radius 2 is 1.18 bits per heavy atom. The Morgan fingerprint density at radius 1 is 0.750 bits per heavy atom. The standard InChI is InChI=1S/C24H29N3O/c1-16(2)24(5,21-12-10-19(11-13-21)23(3,4)28)20-8-6-17(7-9-20)18-14-26-22(25)27-15-18/h6-16,28H,1-5H3,(H2,25,26,27). The van der Waals surface area contributed by atoms with Gasteiger partial charge in [-0.25, -0.2) is 9.97 Å². The first-order valence-electron chi connectivity index (χ1n) is 9.64. The van der Waals surface area contributed by atoms with Gasteiger partial charge in [-0.15, -0.1) is 0 Å². The fourth-order valence-electron chi connectivity index (χ4n) is 3.55. The van der Waals surface area contributed by atoms with Gasteiger partial charge in [-0.05, 0) is 42.0 Å². The molecule has 1 heterocycles. The van der Waals surface area contributed by atoms with Crippen molar-refractivity contribution in [3.05, 3.63) is 77.6 Å². The number of anilines is 1. The smallest absolute Gasteiger partial charge is 0.219 e. The number of aromatic nitrogens is 2. The van der Waals surface area contributed by atoms with Gasteiger partial charge in [-0.3, -0.25) is 0 Å². The number of aliphatic hydroxyl groups is 1. The maximum Gasteiger partial charge on any atom is 0.219 e. The van der Waals surface area contributed by atoms with E-state index in [1.54, 1.807) is 12.4 Å². The molecule has 0 fully saturated rings. The largest absolute Gasteiger partial charge is 0.386 e. The van der Waals surface area contributed by atoms with Crippen LogP contribution in [-0.2, 0) is 11.0 Å². The Bertz CT molecular complexity index is 924. The third-order valence-corrected chi connectivity index (χ3v) is 5.84. The van der Waals surface area contributed by atoms with Crippen LogP contribution in [-0.4, -0.2) is 15.1 Å². The van der Waals surface area contributed by atoms with Gasteiger partial charge in [0.15, 0.2) is 0 Å². The summed E-state index contributed by atoms with van der Waals surface area (Å²) in [6, 6.07) is 16.9. The van der Waals surface area contributed by atoms with Crippen LogP contribution in [0, 0.1) is 5.92 Å². The predicted molar refractivity (Wildman–Crippen MR) is 115 cm³/mol. The fourth-order valence-corrected chi connectivity index (χ4v) is 3.55. The van der Waals surface area contributed by atoms with Crippen molar-refractivity contribution >= 4 is 5.95 Å². The van der Waals surface area contributed by atoms with Gasteiger partial charge in [-0.1, -0.05) is 69.3 Å². The van der Waals surface area contributed by atoms with Gasteiger partial charge in [0.05, 0.1) is 5.60 Å². The summed E-state index contributed by atoms with van der Waals surface area (Å²) in [5.74, 6) is 0.674. The summed E-state index contributed by atoms with van der Waals surface area (Å²) in [6.07, 6.45) is 3.49. The molecule has 0 bridgehead atoms. The molecular weight excluding hydrogens is 346 g/mol. The number of nitrogens with zero attached hydrogens (tertiary/aromatic N) is 2. The molecule has 2 aromatic carbocycles. The zero-order valence-corrected chi connectivity index (χ0v) is 17.3. The maximum absolute atomic E-state index is 10.2. The van der Waals surface area contributed by atoms with Crippen molar-refractivity contribution in [1.82, 2.24) is 9.97 Å². The molecule has 3 N–H and O–H groups in total. The van der Waals surface area contributed by atoms with Gasteiger partial charge in [0.1, 0.15) is 0 Å². The van der Waals surface area contributed by atoms with E-state index in [1.165, 1.54) is 11.1 Å². The van der Waals surface area contributed by atoms with E-state index in [9.17, 15) is 5.11 Å². The van der Waals surface area contributed by atoms with Gasteiger partial charge >= 0.3 is 0 Å². The van der Waals surface area contributed by atoms with E-state index >= 15 is 0 Å². The normalized spacial score (nSPS) is 14.1. The predicted octanol–water partition coefficient (Wildman–Crippen LogP) is 4.92. The number of nitrogens with two attached hydrogens (primary N) is 1. The molecule has 0 amide bonds. The minimum Gasteiger partial charge on any atom is -0.386 e. The molecule has 1 aromatic heterocycles. The SMILES string of the molecule is CC(C)C(C)(c1ccc(-c2cnc(N)nc2)cc1)c1ccc(C(C)(C)O)cc1. The summed E-state index contributed by atoms with van der Waals surface area (Å²) in [7, 11) is 0. The van der Waals surface area contributed by atoms with Gasteiger partial charge in [0.25, 0.3) is 0 Å². The van der Waals surface area contributed by atoms with Crippen LogP contribution in [0.3, 0.4) is 0 Å². The molecular formula is C24H29N3O. The Balaban J connectivity index is 1.98. The van der Waals surface area contributed by atoms with E-state index in [4.69, 9.17) is 5.73 Å². The number of rotatable bonds is 5. The first-order chi connectivity index (χ1) is 13.1. The molecule has 0 aliphatic heterocycles. The van der Waals surface area contributed by atoms with E-state index in [2.05, 4.69) is 67.1 Å². The van der Waals surface area contributed by atoms with Crippen molar-refractivity contribution in [2.75, 3.05) is 5.73 Å². The summed E-state index contributed by atoms with van der Waals surface area (Å²) in [6.45, 7) is 10.4. The minimum absolute atomic E-state index is 0.145. The third kappa shape index (κ3) is 3.78. The van der Waals surface area contributed by atoms with Crippen LogP contribution in [0.15, 0.2) is 60.9 Å². The molecule has 0 radical (unpaired) electrons. The lowest BCUT2D eigenvalue weighted by Gasteiger charge is -2.36. The average Bonchev–Trinajstić information content (AvgIpc) is 2.67. The lowest BCUT2D eigenvalue weighted by Crippen LogP contribution is -2.30. The average molecular weight is 376 g/mol. The van der Waals surface area contributed by atoms with Crippen LogP contribution >= 0.6 is 0 Å². The van der Waals surface area contributed by atoms with Crippen molar-refractivity contribution in [3.8, 4) is 11.1 Å². The van der Waals surface area contributed by atoms with Gasteiger partial charge in [0.2, 0.25) is 5.95 Å². The second kappa shape index (κ2) is 7.36. The monoisotopic (exact) mass is 375 g/mol. The van der Waals surface area contributed by atoms with Crippen LogP contribution in [0.5, 0.6) is 0 Å². The molecule has 0 saturated carbocycles. The lowest BCUT2D eigenvalue weighted by molar-refractivity contribution is 0.0785. The van der Waals surface area contributed by atoms with E-state index in [0.717, 1.165) is 16.7 Å². The zero-order valence-electron chi connectivity index (χ0n) is 17.3. The number of benzene rings is 2. The zero-order chi connectivity index (χ0) is 20.5. The molecule has 146 valence electrons. The molecule has 3 aromatic rings. The second-order valence-electron chi connectivity index (χ2n) is 8.40. The summed E-state index contributed by atoms with van der Waals surface area (Å²) < 4.78 is 0. The highest BCUT2D eigenvalue weighted by Gasteiger charge is 2.32. The minimum atomic E-state index is -0.838. The molecule has 0 saturated heterocycles. The topological polar surface area (TPSA) is 72.0 Å². The summed E-state index contributed by atoms with van der Waals surface area (Å²) in [4.78, 5) is 8.15. The van der Waals surface area contributed by atoms with Gasteiger partial charge in [-0.2, -0.15) is 0 Å². The molecule has 3 rings (SSSR count). The number of nitrogen functional groups attached to an aromatic ring is 1. The summed E-state index contributed by atoms with van der Waals surface area (Å²) in [5.41, 5.74) is 10.0. The molecule has 1 atom stereocenters. The third-order valence-electron chi connectivity index (χ3n) is 5.84. The first-order valence-corrected chi connectivity index (χ1v) is 9.64. The highest BCUT2D eigenvalue weighted by molar-refractivity contribution is 5.63. The first kappa shape index (κ1) is 20.0. The Hall–Kier alpha value is -2.72. The van der Waals surface area contributed by atoms with Crippen LogP contribution in [0.25, 0.3) is 11.1 Å². The van der Waals surface area contributed by atoms with E-state index in [-0.39, 0.29) is 11.4 Å². The summed E-state index contributed by atoms with van der Waals surface area (Å²) in [5, 5.41) is 10.2. The second-order valence-corrected chi connectivity index (χ2v) is 8.40. The molecule has 1 unspecified atom stereocenters. The molecule has 0 aliphatic rings. The molecule has 0 aliphatic carbocycles. The Morgan fingerprint density at radius 3 is 1.61 bits per heavy atom. The van der Waals surface area contributed by atoms with Crippen LogP contribution < -0.4 is 5.73 Å². The Labute approximate surface area is 167 Å². The van der Waals surface area contributed by atoms with Crippen LogP contribution in [0.1, 0.15) is 51.3 Å². The van der Waals surface area contributed by atoms with E-state index < -0.39 is 5.60 Å².